The molecule has 1 aliphatic rings. The molecular formula is C24H24N4. The number of allylic oxidation sites excluding steroid dienone is 2. The molecule has 0 heterocycles. The summed E-state index contributed by atoms with van der Waals surface area (Å²) in [4.78, 5) is 0. The van der Waals surface area contributed by atoms with Crippen molar-refractivity contribution >= 4 is 17.1 Å². The molecule has 0 fully saturated rings. The zero-order valence-corrected chi connectivity index (χ0v) is 15.5. The first-order valence-corrected chi connectivity index (χ1v) is 9.19. The number of nitrogen functional groups attached to an aromatic ring is 3. The van der Waals surface area contributed by atoms with E-state index in [2.05, 4.69) is 12.2 Å². The van der Waals surface area contributed by atoms with Gasteiger partial charge in [-0.3, -0.25) is 0 Å². The highest BCUT2D eigenvalue weighted by molar-refractivity contribution is 5.58. The Balaban J connectivity index is 1.82. The van der Waals surface area contributed by atoms with E-state index >= 15 is 0 Å². The van der Waals surface area contributed by atoms with Gasteiger partial charge in [0.2, 0.25) is 0 Å². The fraction of sp³-hybridized carbons (Fsp3) is 0.0833. The van der Waals surface area contributed by atoms with Gasteiger partial charge in [-0.15, -0.1) is 0 Å². The van der Waals surface area contributed by atoms with E-state index < -0.39 is 11.0 Å². The molecule has 0 spiro atoms. The average Bonchev–Trinajstić information content (AvgIpc) is 2.71. The third-order valence-electron chi connectivity index (χ3n) is 5.43. The molecule has 3 aromatic rings. The Morgan fingerprint density at radius 1 is 0.429 bits per heavy atom. The number of hydrogen-bond acceptors (Lipinski definition) is 4. The van der Waals surface area contributed by atoms with Crippen LogP contribution in [0.1, 0.15) is 16.7 Å². The van der Waals surface area contributed by atoms with E-state index in [-0.39, 0.29) is 0 Å². The minimum Gasteiger partial charge on any atom is -0.399 e. The average molecular weight is 368 g/mol. The zero-order chi connectivity index (χ0) is 19.8. The summed E-state index contributed by atoms with van der Waals surface area (Å²) in [6, 6.07) is 23.5. The largest absolute Gasteiger partial charge is 0.399 e. The predicted molar refractivity (Wildman–Crippen MR) is 117 cm³/mol. The molecule has 0 bridgehead atoms. The van der Waals surface area contributed by atoms with E-state index in [0.717, 1.165) is 28.1 Å². The van der Waals surface area contributed by atoms with Gasteiger partial charge < -0.3 is 22.9 Å². The van der Waals surface area contributed by atoms with Crippen LogP contribution in [0.15, 0.2) is 97.1 Å². The predicted octanol–water partition coefficient (Wildman–Crippen LogP) is 3.70. The Morgan fingerprint density at radius 2 is 0.750 bits per heavy atom. The fourth-order valence-corrected chi connectivity index (χ4v) is 3.68. The van der Waals surface area contributed by atoms with Crippen molar-refractivity contribution < 1.29 is 0 Å². The Kier molecular flexibility index (Phi) is 4.21. The maximum atomic E-state index is 6.70. The summed E-state index contributed by atoms with van der Waals surface area (Å²) in [5.41, 5.74) is 28.6. The van der Waals surface area contributed by atoms with Gasteiger partial charge in [0.05, 0.1) is 11.0 Å². The van der Waals surface area contributed by atoms with Gasteiger partial charge in [-0.1, -0.05) is 60.7 Å². The number of nitrogens with two attached hydrogens (primary N) is 4. The van der Waals surface area contributed by atoms with Gasteiger partial charge in [0.1, 0.15) is 0 Å². The van der Waals surface area contributed by atoms with Crippen LogP contribution >= 0.6 is 0 Å². The second kappa shape index (κ2) is 6.59. The molecule has 0 aromatic heterocycles. The number of rotatable bonds is 3. The first kappa shape index (κ1) is 17.9. The van der Waals surface area contributed by atoms with Crippen LogP contribution in [0.4, 0.5) is 17.1 Å². The zero-order valence-electron chi connectivity index (χ0n) is 15.5. The maximum Gasteiger partial charge on any atom is 0.0783 e. The lowest BCUT2D eigenvalue weighted by Gasteiger charge is -2.36. The van der Waals surface area contributed by atoms with Crippen LogP contribution in [-0.4, -0.2) is 0 Å². The molecule has 4 nitrogen and oxygen atoms in total. The summed E-state index contributed by atoms with van der Waals surface area (Å²) in [6.07, 6.45) is 8.40. The number of hydrogen-bond donors (Lipinski definition) is 4. The topological polar surface area (TPSA) is 104 Å². The molecule has 28 heavy (non-hydrogen) atoms. The standard InChI is InChI=1S/C24H24N4/c25-20-7-1-17(2-8-20)23(18-3-9-21(26)10-4-18)13-15-24(28,16-14-23)19-5-11-22(27)12-6-19/h1-16H,25-28H2. The summed E-state index contributed by atoms with van der Waals surface area (Å²) in [5.74, 6) is 0. The lowest BCUT2D eigenvalue weighted by molar-refractivity contribution is 0.659. The molecule has 8 N–H and O–H groups in total. The minimum atomic E-state index is -0.696. The lowest BCUT2D eigenvalue weighted by atomic mass is 9.69. The van der Waals surface area contributed by atoms with Crippen molar-refractivity contribution in [3.63, 3.8) is 0 Å². The SMILES string of the molecule is Nc1ccc(C2(N)C=CC(c3ccc(N)cc3)(c3ccc(N)cc3)C=C2)cc1. The Bertz CT molecular complexity index is 968. The molecular weight excluding hydrogens is 344 g/mol. The molecule has 140 valence electrons. The van der Waals surface area contributed by atoms with Gasteiger partial charge in [0.25, 0.3) is 0 Å². The molecule has 0 unspecified atom stereocenters. The molecule has 0 amide bonds. The van der Waals surface area contributed by atoms with E-state index in [1.807, 2.05) is 84.9 Å². The summed E-state index contributed by atoms with van der Waals surface area (Å²) >= 11 is 0. The molecule has 0 atom stereocenters. The van der Waals surface area contributed by atoms with Crippen molar-refractivity contribution in [3.05, 3.63) is 114 Å². The highest BCUT2D eigenvalue weighted by atomic mass is 14.7. The van der Waals surface area contributed by atoms with E-state index in [1.54, 1.807) is 0 Å². The molecule has 0 aliphatic heterocycles. The van der Waals surface area contributed by atoms with Gasteiger partial charge in [-0.25, -0.2) is 0 Å². The van der Waals surface area contributed by atoms with Crippen molar-refractivity contribution in [2.45, 2.75) is 11.0 Å². The highest BCUT2D eigenvalue weighted by Crippen LogP contribution is 2.41. The van der Waals surface area contributed by atoms with Crippen molar-refractivity contribution in [1.82, 2.24) is 0 Å². The van der Waals surface area contributed by atoms with E-state index in [9.17, 15) is 0 Å². The van der Waals surface area contributed by atoms with Crippen molar-refractivity contribution in [2.75, 3.05) is 17.2 Å². The molecule has 3 aromatic carbocycles. The van der Waals surface area contributed by atoms with Crippen molar-refractivity contribution in [1.29, 1.82) is 0 Å². The quantitative estimate of drug-likeness (QED) is 0.418. The van der Waals surface area contributed by atoms with Gasteiger partial charge in [-0.2, -0.15) is 0 Å². The third kappa shape index (κ3) is 3.04. The number of anilines is 3. The van der Waals surface area contributed by atoms with Crippen LogP contribution in [0, 0.1) is 0 Å². The number of benzene rings is 3. The van der Waals surface area contributed by atoms with Gasteiger partial charge in [-0.05, 0) is 53.1 Å². The molecule has 4 rings (SSSR count). The molecule has 1 aliphatic carbocycles. The molecule has 0 saturated carbocycles. The third-order valence-corrected chi connectivity index (χ3v) is 5.43. The minimum absolute atomic E-state index is 0.446. The van der Waals surface area contributed by atoms with Gasteiger partial charge >= 0.3 is 0 Å². The second-order valence-corrected chi connectivity index (χ2v) is 7.33. The lowest BCUT2D eigenvalue weighted by Crippen LogP contribution is -2.37. The van der Waals surface area contributed by atoms with E-state index in [1.165, 1.54) is 0 Å². The van der Waals surface area contributed by atoms with Gasteiger partial charge in [0.15, 0.2) is 0 Å². The summed E-state index contributed by atoms with van der Waals surface area (Å²) in [5, 5.41) is 0. The van der Waals surface area contributed by atoms with Crippen molar-refractivity contribution in [2.24, 2.45) is 5.73 Å². The smallest absolute Gasteiger partial charge is 0.0783 e. The summed E-state index contributed by atoms with van der Waals surface area (Å²) in [6.45, 7) is 0. The summed E-state index contributed by atoms with van der Waals surface area (Å²) < 4.78 is 0. The first-order chi connectivity index (χ1) is 13.4. The van der Waals surface area contributed by atoms with Crippen LogP contribution in [-0.2, 0) is 11.0 Å². The molecule has 4 heteroatoms. The van der Waals surface area contributed by atoms with Gasteiger partial charge in [0, 0.05) is 17.1 Å². The normalized spacial score (nSPS) is 16.8. The van der Waals surface area contributed by atoms with E-state index in [0.29, 0.717) is 5.69 Å². The maximum absolute atomic E-state index is 6.70. The fourth-order valence-electron chi connectivity index (χ4n) is 3.68. The Morgan fingerprint density at radius 3 is 1.11 bits per heavy atom. The Hall–Kier alpha value is -3.50. The van der Waals surface area contributed by atoms with E-state index in [4.69, 9.17) is 22.9 Å². The van der Waals surface area contributed by atoms with Crippen LogP contribution in [0.25, 0.3) is 0 Å². The first-order valence-electron chi connectivity index (χ1n) is 9.19. The van der Waals surface area contributed by atoms with Crippen LogP contribution in [0.5, 0.6) is 0 Å². The van der Waals surface area contributed by atoms with Crippen molar-refractivity contribution in [3.8, 4) is 0 Å². The highest BCUT2D eigenvalue weighted by Gasteiger charge is 2.35. The monoisotopic (exact) mass is 368 g/mol. The van der Waals surface area contributed by atoms with Crippen LogP contribution in [0.3, 0.4) is 0 Å². The molecule has 0 saturated heterocycles. The van der Waals surface area contributed by atoms with Crippen LogP contribution < -0.4 is 22.9 Å². The Labute approximate surface area is 165 Å². The summed E-state index contributed by atoms with van der Waals surface area (Å²) in [7, 11) is 0. The molecule has 0 radical (unpaired) electrons. The second-order valence-electron chi connectivity index (χ2n) is 7.33. The van der Waals surface area contributed by atoms with Crippen LogP contribution in [0.2, 0.25) is 0 Å².